The highest BCUT2D eigenvalue weighted by molar-refractivity contribution is 4.93. The van der Waals surface area contributed by atoms with E-state index in [0.29, 0.717) is 5.41 Å². The summed E-state index contributed by atoms with van der Waals surface area (Å²) < 4.78 is 0. The molecule has 0 aromatic rings. The number of nitrogens with zero attached hydrogens (tertiary/aromatic N) is 1. The van der Waals surface area contributed by atoms with Crippen LogP contribution in [-0.2, 0) is 0 Å². The summed E-state index contributed by atoms with van der Waals surface area (Å²) in [5.74, 6) is 0. The van der Waals surface area contributed by atoms with Crippen LogP contribution in [0.3, 0.4) is 0 Å². The minimum Gasteiger partial charge on any atom is -0.316 e. The maximum Gasteiger partial charge on any atom is 0.000772 e. The second-order valence-electron chi connectivity index (χ2n) is 5.43. The molecule has 1 N–H and O–H groups in total. The van der Waals surface area contributed by atoms with Gasteiger partial charge in [-0.05, 0) is 70.1 Å². The first kappa shape index (κ1) is 11.4. The molecule has 1 saturated carbocycles. The highest BCUT2D eigenvalue weighted by atomic mass is 15.1. The SMILES string of the molecule is CCC1(CNCCCN2CCCC2)CC1. The van der Waals surface area contributed by atoms with Gasteiger partial charge in [-0.15, -0.1) is 0 Å². The molecule has 0 unspecified atom stereocenters. The lowest BCUT2D eigenvalue weighted by molar-refractivity contribution is 0.327. The fraction of sp³-hybridized carbons (Fsp3) is 1.00. The molecule has 0 aromatic carbocycles. The van der Waals surface area contributed by atoms with Crippen LogP contribution in [0, 0.1) is 5.41 Å². The molecule has 2 fully saturated rings. The van der Waals surface area contributed by atoms with Crippen LogP contribution >= 0.6 is 0 Å². The Kier molecular flexibility index (Phi) is 4.04. The molecule has 2 heteroatoms. The predicted octanol–water partition coefficient (Wildman–Crippen LogP) is 2.25. The summed E-state index contributed by atoms with van der Waals surface area (Å²) in [5, 5.41) is 3.64. The molecule has 0 atom stereocenters. The van der Waals surface area contributed by atoms with Crippen molar-refractivity contribution >= 4 is 0 Å². The summed E-state index contributed by atoms with van der Waals surface area (Å²) in [6.07, 6.45) is 8.47. The normalized spacial score (nSPS) is 24.6. The molecule has 2 aliphatic rings. The number of hydrogen-bond acceptors (Lipinski definition) is 2. The van der Waals surface area contributed by atoms with E-state index < -0.39 is 0 Å². The van der Waals surface area contributed by atoms with E-state index in [4.69, 9.17) is 0 Å². The van der Waals surface area contributed by atoms with E-state index in [0.717, 1.165) is 0 Å². The van der Waals surface area contributed by atoms with Crippen LogP contribution in [0.1, 0.15) is 45.4 Å². The van der Waals surface area contributed by atoms with Crippen LogP contribution in [0.15, 0.2) is 0 Å². The average Bonchev–Trinajstić information content (AvgIpc) is 2.85. The van der Waals surface area contributed by atoms with Gasteiger partial charge in [0.2, 0.25) is 0 Å². The van der Waals surface area contributed by atoms with E-state index in [-0.39, 0.29) is 0 Å². The number of rotatable bonds is 7. The number of hydrogen-bond donors (Lipinski definition) is 1. The molecule has 1 aliphatic heterocycles. The lowest BCUT2D eigenvalue weighted by Gasteiger charge is -2.16. The zero-order valence-corrected chi connectivity index (χ0v) is 10.2. The van der Waals surface area contributed by atoms with Crippen molar-refractivity contribution in [2.24, 2.45) is 5.41 Å². The summed E-state index contributed by atoms with van der Waals surface area (Å²) >= 11 is 0. The van der Waals surface area contributed by atoms with Crippen LogP contribution in [0.5, 0.6) is 0 Å². The quantitative estimate of drug-likeness (QED) is 0.648. The monoisotopic (exact) mass is 210 g/mol. The smallest absolute Gasteiger partial charge is 0.000772 e. The molecule has 0 amide bonds. The molecule has 15 heavy (non-hydrogen) atoms. The highest BCUT2D eigenvalue weighted by Gasteiger charge is 2.39. The van der Waals surface area contributed by atoms with Crippen molar-refractivity contribution in [3.05, 3.63) is 0 Å². The van der Waals surface area contributed by atoms with Gasteiger partial charge < -0.3 is 10.2 Å². The molecule has 0 radical (unpaired) electrons. The second kappa shape index (κ2) is 5.31. The van der Waals surface area contributed by atoms with Crippen molar-refractivity contribution in [3.63, 3.8) is 0 Å². The zero-order valence-electron chi connectivity index (χ0n) is 10.2. The van der Waals surface area contributed by atoms with Gasteiger partial charge in [0.15, 0.2) is 0 Å². The van der Waals surface area contributed by atoms with Gasteiger partial charge in [0.25, 0.3) is 0 Å². The van der Waals surface area contributed by atoms with E-state index in [2.05, 4.69) is 17.1 Å². The summed E-state index contributed by atoms with van der Waals surface area (Å²) in [6, 6.07) is 0. The minimum atomic E-state index is 0.716. The van der Waals surface area contributed by atoms with Crippen molar-refractivity contribution in [1.82, 2.24) is 10.2 Å². The summed E-state index contributed by atoms with van der Waals surface area (Å²) in [7, 11) is 0. The average molecular weight is 210 g/mol. The second-order valence-corrected chi connectivity index (χ2v) is 5.43. The lowest BCUT2D eigenvalue weighted by Crippen LogP contribution is -2.28. The summed E-state index contributed by atoms with van der Waals surface area (Å²) in [5.41, 5.74) is 0.716. The number of nitrogens with one attached hydrogen (secondary N) is 1. The fourth-order valence-corrected chi connectivity index (χ4v) is 2.62. The van der Waals surface area contributed by atoms with Gasteiger partial charge in [-0.1, -0.05) is 6.92 Å². The van der Waals surface area contributed by atoms with Gasteiger partial charge in [-0.25, -0.2) is 0 Å². The Bertz CT molecular complexity index is 181. The Hall–Kier alpha value is -0.0800. The van der Waals surface area contributed by atoms with Crippen molar-refractivity contribution in [2.75, 3.05) is 32.7 Å². The Morgan fingerprint density at radius 1 is 1.20 bits per heavy atom. The van der Waals surface area contributed by atoms with E-state index in [9.17, 15) is 0 Å². The van der Waals surface area contributed by atoms with E-state index in [1.54, 1.807) is 0 Å². The molecule has 0 bridgehead atoms. The Balaban J connectivity index is 1.45. The van der Waals surface area contributed by atoms with Crippen molar-refractivity contribution in [2.45, 2.75) is 45.4 Å². The van der Waals surface area contributed by atoms with Crippen LogP contribution in [0.4, 0.5) is 0 Å². The van der Waals surface area contributed by atoms with Gasteiger partial charge in [0.1, 0.15) is 0 Å². The fourth-order valence-electron chi connectivity index (χ4n) is 2.62. The highest BCUT2D eigenvalue weighted by Crippen LogP contribution is 2.47. The van der Waals surface area contributed by atoms with Crippen molar-refractivity contribution in [3.8, 4) is 0 Å². The first-order valence-electron chi connectivity index (χ1n) is 6.78. The van der Waals surface area contributed by atoms with Gasteiger partial charge in [-0.2, -0.15) is 0 Å². The molecule has 1 aliphatic carbocycles. The van der Waals surface area contributed by atoms with Crippen molar-refractivity contribution < 1.29 is 0 Å². The van der Waals surface area contributed by atoms with Gasteiger partial charge in [0, 0.05) is 6.54 Å². The molecule has 1 heterocycles. The van der Waals surface area contributed by atoms with Crippen LogP contribution < -0.4 is 5.32 Å². The van der Waals surface area contributed by atoms with Gasteiger partial charge in [-0.3, -0.25) is 0 Å². The Labute approximate surface area is 94.4 Å². The first-order valence-corrected chi connectivity index (χ1v) is 6.78. The standard InChI is InChI=1S/C13H26N2/c1-2-13(6-7-13)12-14-8-5-11-15-9-3-4-10-15/h14H,2-12H2,1H3. The summed E-state index contributed by atoms with van der Waals surface area (Å²) in [6.45, 7) is 8.82. The lowest BCUT2D eigenvalue weighted by atomic mass is 10.0. The van der Waals surface area contributed by atoms with E-state index in [1.165, 1.54) is 71.2 Å². The van der Waals surface area contributed by atoms with E-state index >= 15 is 0 Å². The van der Waals surface area contributed by atoms with E-state index in [1.807, 2.05) is 0 Å². The molecule has 88 valence electrons. The van der Waals surface area contributed by atoms with Crippen molar-refractivity contribution in [1.29, 1.82) is 0 Å². The van der Waals surface area contributed by atoms with Crippen LogP contribution in [0.2, 0.25) is 0 Å². The van der Waals surface area contributed by atoms with Gasteiger partial charge in [0.05, 0.1) is 0 Å². The molecular formula is C13H26N2. The topological polar surface area (TPSA) is 15.3 Å². The van der Waals surface area contributed by atoms with Crippen LogP contribution in [-0.4, -0.2) is 37.6 Å². The largest absolute Gasteiger partial charge is 0.316 e. The molecule has 1 saturated heterocycles. The maximum atomic E-state index is 3.64. The third-order valence-electron chi connectivity index (χ3n) is 4.23. The maximum absolute atomic E-state index is 3.64. The molecule has 2 rings (SSSR count). The predicted molar refractivity (Wildman–Crippen MR) is 65.1 cm³/mol. The third-order valence-corrected chi connectivity index (χ3v) is 4.23. The Morgan fingerprint density at radius 3 is 2.53 bits per heavy atom. The third kappa shape index (κ3) is 3.46. The summed E-state index contributed by atoms with van der Waals surface area (Å²) in [4.78, 5) is 2.61. The zero-order chi connectivity index (χ0) is 10.6. The first-order chi connectivity index (χ1) is 7.35. The van der Waals surface area contributed by atoms with Crippen LogP contribution in [0.25, 0.3) is 0 Å². The minimum absolute atomic E-state index is 0.716. The number of likely N-dealkylation sites (tertiary alicyclic amines) is 1. The van der Waals surface area contributed by atoms with Gasteiger partial charge >= 0.3 is 0 Å². The Morgan fingerprint density at radius 2 is 1.93 bits per heavy atom. The molecule has 2 nitrogen and oxygen atoms in total. The molecule has 0 aromatic heterocycles. The molecule has 0 spiro atoms. The molecular weight excluding hydrogens is 184 g/mol.